The molecule has 0 spiro atoms. The maximum Gasteiger partial charge on any atom is 0.273 e. The molecule has 0 aliphatic carbocycles. The number of carbonyl (C=O) groups excluding carboxylic acids is 1. The zero-order valence-electron chi connectivity index (χ0n) is 18.0. The number of nitrogens with zero attached hydrogens (tertiary/aromatic N) is 1. The molecule has 11 heteroatoms. The van der Waals surface area contributed by atoms with Gasteiger partial charge in [-0.2, -0.15) is 0 Å². The van der Waals surface area contributed by atoms with Gasteiger partial charge in [-0.1, -0.05) is 6.07 Å². The molecule has 3 aromatic rings. The topological polar surface area (TPSA) is 137 Å². The van der Waals surface area contributed by atoms with E-state index < -0.39 is 20.9 Å². The van der Waals surface area contributed by atoms with Crippen molar-refractivity contribution in [1.82, 2.24) is 0 Å². The van der Waals surface area contributed by atoms with Crippen LogP contribution in [0.5, 0.6) is 11.5 Å². The van der Waals surface area contributed by atoms with Gasteiger partial charge in [0, 0.05) is 28.9 Å². The van der Waals surface area contributed by atoms with Crippen molar-refractivity contribution in [2.45, 2.75) is 11.8 Å². The molecule has 0 aromatic heterocycles. The SMILES string of the molecule is COc1ccc(NS(=O)(=O)c2ccc(NC(=O)c3cccc([N+](=O)[O-])c3C)cc2)c(OC)c1. The number of nitro groups is 1. The lowest BCUT2D eigenvalue weighted by Gasteiger charge is -2.13. The summed E-state index contributed by atoms with van der Waals surface area (Å²) in [5, 5.41) is 13.7. The molecular weight excluding hydrogens is 450 g/mol. The van der Waals surface area contributed by atoms with Crippen molar-refractivity contribution in [2.24, 2.45) is 0 Å². The van der Waals surface area contributed by atoms with Crippen LogP contribution in [0, 0.1) is 17.0 Å². The Hall–Kier alpha value is -4.12. The van der Waals surface area contributed by atoms with E-state index in [1.807, 2.05) is 0 Å². The van der Waals surface area contributed by atoms with E-state index in [9.17, 15) is 23.3 Å². The van der Waals surface area contributed by atoms with E-state index in [0.29, 0.717) is 11.4 Å². The number of nitrogens with one attached hydrogen (secondary N) is 2. The Morgan fingerprint density at radius 1 is 1.00 bits per heavy atom. The third kappa shape index (κ3) is 5.21. The van der Waals surface area contributed by atoms with Crippen LogP contribution in [0.1, 0.15) is 15.9 Å². The van der Waals surface area contributed by atoms with Crippen LogP contribution >= 0.6 is 0 Å². The quantitative estimate of drug-likeness (QED) is 0.374. The van der Waals surface area contributed by atoms with Gasteiger partial charge in [0.05, 0.1) is 29.7 Å². The smallest absolute Gasteiger partial charge is 0.273 e. The van der Waals surface area contributed by atoms with Gasteiger partial charge in [0.15, 0.2) is 0 Å². The van der Waals surface area contributed by atoms with Gasteiger partial charge in [-0.15, -0.1) is 0 Å². The molecule has 3 rings (SSSR count). The van der Waals surface area contributed by atoms with Gasteiger partial charge in [0.2, 0.25) is 0 Å². The zero-order chi connectivity index (χ0) is 24.2. The van der Waals surface area contributed by atoms with Crippen LogP contribution in [0.2, 0.25) is 0 Å². The summed E-state index contributed by atoms with van der Waals surface area (Å²) in [6.07, 6.45) is 0. The average molecular weight is 471 g/mol. The summed E-state index contributed by atoms with van der Waals surface area (Å²) in [5.74, 6) is 0.246. The number of carbonyl (C=O) groups is 1. The molecule has 0 heterocycles. The van der Waals surface area contributed by atoms with Crippen LogP contribution in [-0.2, 0) is 10.0 Å². The molecule has 0 aliphatic heterocycles. The number of methoxy groups -OCH3 is 2. The molecule has 10 nitrogen and oxygen atoms in total. The Bertz CT molecular complexity index is 1310. The number of hydrogen-bond acceptors (Lipinski definition) is 7. The molecule has 33 heavy (non-hydrogen) atoms. The molecule has 1 amide bonds. The lowest BCUT2D eigenvalue weighted by Crippen LogP contribution is -2.15. The number of hydrogen-bond donors (Lipinski definition) is 2. The van der Waals surface area contributed by atoms with E-state index in [2.05, 4.69) is 10.0 Å². The fourth-order valence-corrected chi connectivity index (χ4v) is 4.14. The van der Waals surface area contributed by atoms with Crippen LogP contribution < -0.4 is 19.5 Å². The van der Waals surface area contributed by atoms with Crippen molar-refractivity contribution in [3.05, 3.63) is 81.9 Å². The van der Waals surface area contributed by atoms with Gasteiger partial charge in [0.1, 0.15) is 11.5 Å². The van der Waals surface area contributed by atoms with Gasteiger partial charge in [-0.3, -0.25) is 19.6 Å². The minimum atomic E-state index is -3.94. The number of rotatable bonds is 8. The molecule has 172 valence electrons. The average Bonchev–Trinajstić information content (AvgIpc) is 2.79. The van der Waals surface area contributed by atoms with E-state index in [4.69, 9.17) is 9.47 Å². The summed E-state index contributed by atoms with van der Waals surface area (Å²) in [5.41, 5.74) is 0.777. The summed E-state index contributed by atoms with van der Waals surface area (Å²) in [6.45, 7) is 1.49. The normalized spacial score (nSPS) is 10.9. The Kier molecular flexibility index (Phi) is 6.83. The third-order valence-electron chi connectivity index (χ3n) is 4.82. The first-order chi connectivity index (χ1) is 15.7. The molecule has 0 radical (unpaired) electrons. The lowest BCUT2D eigenvalue weighted by molar-refractivity contribution is -0.385. The number of ether oxygens (including phenoxy) is 2. The van der Waals surface area contributed by atoms with Crippen molar-refractivity contribution in [2.75, 3.05) is 24.3 Å². The predicted octanol–water partition coefficient (Wildman–Crippen LogP) is 3.97. The molecule has 0 unspecified atom stereocenters. The molecule has 0 atom stereocenters. The van der Waals surface area contributed by atoms with Crippen molar-refractivity contribution < 1.29 is 27.6 Å². The first kappa shape index (κ1) is 23.5. The van der Waals surface area contributed by atoms with E-state index >= 15 is 0 Å². The highest BCUT2D eigenvalue weighted by Gasteiger charge is 2.19. The lowest BCUT2D eigenvalue weighted by atomic mass is 10.1. The second-order valence-electron chi connectivity index (χ2n) is 6.86. The second-order valence-corrected chi connectivity index (χ2v) is 8.54. The molecule has 0 saturated carbocycles. The highest BCUT2D eigenvalue weighted by Crippen LogP contribution is 2.31. The summed E-state index contributed by atoms with van der Waals surface area (Å²) in [4.78, 5) is 23.1. The molecule has 0 saturated heterocycles. The predicted molar refractivity (Wildman–Crippen MR) is 123 cm³/mol. The van der Waals surface area contributed by atoms with Crippen LogP contribution in [0.3, 0.4) is 0 Å². The third-order valence-corrected chi connectivity index (χ3v) is 6.20. The first-order valence-corrected chi connectivity index (χ1v) is 11.0. The molecule has 0 fully saturated rings. The highest BCUT2D eigenvalue weighted by atomic mass is 32.2. The summed E-state index contributed by atoms with van der Waals surface area (Å²) >= 11 is 0. The highest BCUT2D eigenvalue weighted by molar-refractivity contribution is 7.92. The molecule has 3 aromatic carbocycles. The summed E-state index contributed by atoms with van der Waals surface area (Å²) in [7, 11) is -1.05. The minimum absolute atomic E-state index is 0.0371. The molecular formula is C22H21N3O7S. The standard InChI is InChI=1S/C22H21N3O7S/c1-14-18(5-4-6-20(14)25(27)28)22(26)23-15-7-10-17(11-8-15)33(29,30)24-19-12-9-16(31-2)13-21(19)32-3/h4-13,24H,1-3H3,(H,23,26). The summed E-state index contributed by atoms with van der Waals surface area (Å²) < 4.78 is 38.3. The molecule has 0 aliphatic rings. The maximum atomic E-state index is 12.8. The number of benzene rings is 3. The Balaban J connectivity index is 1.78. The van der Waals surface area contributed by atoms with E-state index in [1.165, 1.54) is 69.7 Å². The number of sulfonamides is 1. The Labute approximate surface area is 190 Å². The van der Waals surface area contributed by atoms with Crippen molar-refractivity contribution >= 4 is 33.0 Å². The zero-order valence-corrected chi connectivity index (χ0v) is 18.8. The summed E-state index contributed by atoms with van der Waals surface area (Å²) in [6, 6.07) is 14.4. The second kappa shape index (κ2) is 9.57. The molecule has 2 N–H and O–H groups in total. The number of anilines is 2. The number of nitro benzene ring substituents is 1. The maximum absolute atomic E-state index is 12.8. The fourth-order valence-electron chi connectivity index (χ4n) is 3.07. The Morgan fingerprint density at radius 2 is 1.70 bits per heavy atom. The first-order valence-electron chi connectivity index (χ1n) is 9.56. The fraction of sp³-hybridized carbons (Fsp3) is 0.136. The van der Waals surface area contributed by atoms with Crippen LogP contribution in [0.15, 0.2) is 65.6 Å². The van der Waals surface area contributed by atoms with E-state index in [1.54, 1.807) is 12.1 Å². The van der Waals surface area contributed by atoms with Crippen molar-refractivity contribution in [3.8, 4) is 11.5 Å². The van der Waals surface area contributed by atoms with Gasteiger partial charge in [-0.25, -0.2) is 8.42 Å². The van der Waals surface area contributed by atoms with Gasteiger partial charge in [0.25, 0.3) is 21.6 Å². The van der Waals surface area contributed by atoms with Gasteiger partial charge in [-0.05, 0) is 49.4 Å². The van der Waals surface area contributed by atoms with Crippen molar-refractivity contribution in [1.29, 1.82) is 0 Å². The van der Waals surface area contributed by atoms with Crippen LogP contribution in [0.4, 0.5) is 17.1 Å². The largest absolute Gasteiger partial charge is 0.497 e. The monoisotopic (exact) mass is 471 g/mol. The number of amides is 1. The van der Waals surface area contributed by atoms with Gasteiger partial charge >= 0.3 is 0 Å². The van der Waals surface area contributed by atoms with E-state index in [-0.39, 0.29) is 33.1 Å². The van der Waals surface area contributed by atoms with Crippen molar-refractivity contribution in [3.63, 3.8) is 0 Å². The minimum Gasteiger partial charge on any atom is -0.497 e. The van der Waals surface area contributed by atoms with Crippen LogP contribution in [0.25, 0.3) is 0 Å². The van der Waals surface area contributed by atoms with Crippen LogP contribution in [-0.4, -0.2) is 33.5 Å². The van der Waals surface area contributed by atoms with E-state index in [0.717, 1.165) is 0 Å². The molecule has 0 bridgehead atoms. The van der Waals surface area contributed by atoms with Gasteiger partial charge < -0.3 is 14.8 Å². The Morgan fingerprint density at radius 3 is 2.30 bits per heavy atom.